The maximum Gasteiger partial charge on any atom is 0.326 e. The van der Waals surface area contributed by atoms with Crippen LogP contribution in [-0.4, -0.2) is 69.5 Å². The molecule has 34 heavy (non-hydrogen) atoms. The molecule has 3 rings (SSSR count). The molecule has 1 aliphatic heterocycles. The maximum absolute atomic E-state index is 12.4. The number of nitrogen functional groups attached to an aromatic ring is 1. The summed E-state index contributed by atoms with van der Waals surface area (Å²) in [6.07, 6.45) is -0.173. The van der Waals surface area contributed by atoms with Gasteiger partial charge in [-0.25, -0.2) is 4.79 Å². The number of nitrogens with zero attached hydrogens (tertiary/aromatic N) is 1. The highest BCUT2D eigenvalue weighted by Crippen LogP contribution is 2.21. The Morgan fingerprint density at radius 3 is 2.74 bits per heavy atom. The van der Waals surface area contributed by atoms with E-state index in [0.717, 1.165) is 0 Å². The first-order valence-electron chi connectivity index (χ1n) is 10.2. The summed E-state index contributed by atoms with van der Waals surface area (Å²) < 4.78 is 0. The molecule has 0 spiro atoms. The van der Waals surface area contributed by atoms with Gasteiger partial charge in [0.15, 0.2) is 12.1 Å². The highest BCUT2D eigenvalue weighted by Gasteiger charge is 2.23. The number of aromatic amines is 1. The van der Waals surface area contributed by atoms with Crippen molar-refractivity contribution in [3.63, 3.8) is 0 Å². The highest BCUT2D eigenvalue weighted by molar-refractivity contribution is 5.99. The number of hydrogen-bond acceptors (Lipinski definition) is 10. The van der Waals surface area contributed by atoms with Crippen molar-refractivity contribution in [2.24, 2.45) is 0 Å². The second-order valence-electron chi connectivity index (χ2n) is 7.49. The van der Waals surface area contributed by atoms with Gasteiger partial charge in [-0.3, -0.25) is 24.2 Å². The van der Waals surface area contributed by atoms with E-state index in [1.807, 2.05) is 0 Å². The van der Waals surface area contributed by atoms with E-state index in [-0.39, 0.29) is 35.2 Å². The summed E-state index contributed by atoms with van der Waals surface area (Å²) in [5.74, 6) is -2.98. The van der Waals surface area contributed by atoms with Gasteiger partial charge in [-0.05, 0) is 24.6 Å². The van der Waals surface area contributed by atoms with Gasteiger partial charge in [-0.1, -0.05) is 0 Å². The van der Waals surface area contributed by atoms with Crippen molar-refractivity contribution < 1.29 is 29.4 Å². The number of anilines is 4. The third-order valence-electron chi connectivity index (χ3n) is 5.03. The van der Waals surface area contributed by atoms with Crippen molar-refractivity contribution in [2.75, 3.05) is 34.8 Å². The first-order chi connectivity index (χ1) is 16.2. The number of carboxylic acid groups (broad SMARTS) is 2. The van der Waals surface area contributed by atoms with Gasteiger partial charge in [0.1, 0.15) is 11.7 Å². The second-order valence-corrected chi connectivity index (χ2v) is 7.49. The predicted octanol–water partition coefficient (Wildman–Crippen LogP) is -0.469. The van der Waals surface area contributed by atoms with Crippen LogP contribution in [-0.2, 0) is 9.59 Å². The van der Waals surface area contributed by atoms with E-state index in [9.17, 15) is 29.1 Å². The Bertz CT molecular complexity index is 1180. The van der Waals surface area contributed by atoms with Gasteiger partial charge in [-0.15, -0.1) is 0 Å². The molecule has 0 fully saturated rings. The van der Waals surface area contributed by atoms with Crippen LogP contribution < -0.4 is 32.6 Å². The number of aldehydes is 1. The van der Waals surface area contributed by atoms with Crippen LogP contribution in [0.5, 0.6) is 0 Å². The summed E-state index contributed by atoms with van der Waals surface area (Å²) in [5, 5.41) is 29.3. The highest BCUT2D eigenvalue weighted by atomic mass is 16.4. The number of rotatable bonds is 10. The Labute approximate surface area is 192 Å². The van der Waals surface area contributed by atoms with Crippen LogP contribution in [0.4, 0.5) is 23.1 Å². The lowest BCUT2D eigenvalue weighted by molar-refractivity contribution is -0.140. The largest absolute Gasteiger partial charge is 0.481 e. The lowest BCUT2D eigenvalue weighted by Crippen LogP contribution is -2.41. The van der Waals surface area contributed by atoms with Crippen molar-refractivity contribution in [3.05, 3.63) is 39.7 Å². The number of fused-ring (bicyclic) bond motifs is 1. The number of carbonyl (C=O) groups excluding carboxylic acids is 2. The smallest absolute Gasteiger partial charge is 0.326 e. The minimum Gasteiger partial charge on any atom is -0.481 e. The molecule has 0 aliphatic carbocycles. The van der Waals surface area contributed by atoms with E-state index >= 15 is 0 Å². The van der Waals surface area contributed by atoms with Crippen molar-refractivity contribution in [3.8, 4) is 0 Å². The standard InChI is InChI=1S/C20H23N7O7/c21-20-26-16-15(18(32)27-20)24-11(7-23-16)6-22-12-2-1-9(5-10(12)8-28)17(31)25-13(19(33)34)3-4-14(29)30/h1-2,5,8,11,13,22,24H,3-4,6-7H2,(H,25,31)(H,29,30)(H,33,34)(H4,21,23,26,27,32). The van der Waals surface area contributed by atoms with Crippen LogP contribution in [0.25, 0.3) is 0 Å². The number of carbonyl (C=O) groups is 4. The fourth-order valence-electron chi connectivity index (χ4n) is 3.31. The van der Waals surface area contributed by atoms with Crippen molar-refractivity contribution in [2.45, 2.75) is 24.9 Å². The monoisotopic (exact) mass is 473 g/mol. The van der Waals surface area contributed by atoms with E-state index < -0.39 is 35.9 Å². The molecule has 14 nitrogen and oxygen atoms in total. The molecular weight excluding hydrogens is 450 g/mol. The van der Waals surface area contributed by atoms with Gasteiger partial charge in [0, 0.05) is 36.3 Å². The van der Waals surface area contributed by atoms with E-state index in [4.69, 9.17) is 10.8 Å². The maximum atomic E-state index is 12.4. The molecular formula is C20H23N7O7. The Morgan fingerprint density at radius 1 is 1.29 bits per heavy atom. The van der Waals surface area contributed by atoms with Crippen LogP contribution in [0, 0.1) is 0 Å². The number of hydrogen-bond donors (Lipinski definition) is 8. The van der Waals surface area contributed by atoms with Crippen molar-refractivity contribution in [1.82, 2.24) is 15.3 Å². The fourth-order valence-corrected chi connectivity index (χ4v) is 3.31. The second kappa shape index (κ2) is 10.3. The molecule has 180 valence electrons. The van der Waals surface area contributed by atoms with Crippen LogP contribution in [0.3, 0.4) is 0 Å². The topological polar surface area (TPSA) is 229 Å². The Kier molecular flexibility index (Phi) is 7.30. The lowest BCUT2D eigenvalue weighted by atomic mass is 10.1. The number of amides is 1. The van der Waals surface area contributed by atoms with E-state index in [2.05, 4.69) is 31.2 Å². The number of carboxylic acids is 2. The summed E-state index contributed by atoms with van der Waals surface area (Å²) in [6.45, 7) is 0.721. The molecule has 2 unspecified atom stereocenters. The molecule has 14 heteroatoms. The number of H-pyrrole nitrogens is 1. The fraction of sp³-hybridized carbons (Fsp3) is 0.300. The van der Waals surface area contributed by atoms with Gasteiger partial charge in [0.25, 0.3) is 11.5 Å². The molecule has 1 aromatic heterocycles. The zero-order chi connectivity index (χ0) is 24.8. The number of nitrogens with one attached hydrogen (secondary N) is 5. The number of aromatic nitrogens is 2. The molecule has 9 N–H and O–H groups in total. The van der Waals surface area contributed by atoms with E-state index in [0.29, 0.717) is 30.9 Å². The molecule has 1 aromatic carbocycles. The first-order valence-corrected chi connectivity index (χ1v) is 10.2. The van der Waals surface area contributed by atoms with Gasteiger partial charge in [0.2, 0.25) is 5.95 Å². The quantitative estimate of drug-likeness (QED) is 0.205. The van der Waals surface area contributed by atoms with Gasteiger partial charge in [0.05, 0.1) is 6.04 Å². The summed E-state index contributed by atoms with van der Waals surface area (Å²) in [6, 6.07) is 2.55. The zero-order valence-electron chi connectivity index (χ0n) is 17.8. The van der Waals surface area contributed by atoms with Gasteiger partial charge in [-0.2, -0.15) is 4.98 Å². The molecule has 1 amide bonds. The summed E-state index contributed by atoms with van der Waals surface area (Å²) in [5.41, 5.74) is 5.95. The molecule has 1 aliphatic rings. The van der Waals surface area contributed by atoms with E-state index in [1.165, 1.54) is 18.2 Å². The molecule has 0 bridgehead atoms. The van der Waals surface area contributed by atoms with E-state index in [1.54, 1.807) is 0 Å². The lowest BCUT2D eigenvalue weighted by Gasteiger charge is -2.27. The average Bonchev–Trinajstić information content (AvgIpc) is 2.79. The van der Waals surface area contributed by atoms with Crippen LogP contribution >= 0.6 is 0 Å². The average molecular weight is 473 g/mol. The molecule has 0 saturated carbocycles. The third kappa shape index (κ3) is 5.79. The first kappa shape index (κ1) is 24.0. The number of benzene rings is 1. The number of nitrogens with two attached hydrogens (primary N) is 1. The normalized spacial score (nSPS) is 15.1. The van der Waals surface area contributed by atoms with Crippen LogP contribution in [0.15, 0.2) is 23.0 Å². The SMILES string of the molecule is Nc1nc2c(c(=O)[nH]1)NC(CNc1ccc(C(=O)NC(CCC(=O)O)C(=O)O)cc1C=O)CN2. The number of aliphatic carboxylic acids is 2. The van der Waals surface area contributed by atoms with Gasteiger partial charge >= 0.3 is 11.9 Å². The summed E-state index contributed by atoms with van der Waals surface area (Å²) >= 11 is 0. The molecule has 0 saturated heterocycles. The molecule has 0 radical (unpaired) electrons. The summed E-state index contributed by atoms with van der Waals surface area (Å²) in [7, 11) is 0. The van der Waals surface area contributed by atoms with Gasteiger partial charge < -0.3 is 37.2 Å². The van der Waals surface area contributed by atoms with Crippen molar-refractivity contribution in [1.29, 1.82) is 0 Å². The predicted molar refractivity (Wildman–Crippen MR) is 121 cm³/mol. The van der Waals surface area contributed by atoms with Crippen molar-refractivity contribution >= 4 is 47.3 Å². The zero-order valence-corrected chi connectivity index (χ0v) is 17.8. The summed E-state index contributed by atoms with van der Waals surface area (Å²) in [4.78, 5) is 64.4. The third-order valence-corrected chi connectivity index (χ3v) is 5.03. The Balaban J connectivity index is 1.65. The van der Waals surface area contributed by atoms with Crippen LogP contribution in [0.2, 0.25) is 0 Å². The molecule has 2 aromatic rings. The molecule has 2 heterocycles. The van der Waals surface area contributed by atoms with Crippen LogP contribution in [0.1, 0.15) is 33.6 Å². The minimum absolute atomic E-state index is 0.00839. The molecule has 2 atom stereocenters. The minimum atomic E-state index is -1.39. The Hall–Kier alpha value is -4.62. The Morgan fingerprint density at radius 2 is 2.06 bits per heavy atom.